The van der Waals surface area contributed by atoms with Gasteiger partial charge in [-0.05, 0) is 19.4 Å². The molecule has 0 aliphatic carbocycles. The first-order valence-corrected chi connectivity index (χ1v) is 5.36. The van der Waals surface area contributed by atoms with Crippen molar-refractivity contribution in [3.63, 3.8) is 0 Å². The van der Waals surface area contributed by atoms with Crippen molar-refractivity contribution in [1.29, 1.82) is 0 Å². The number of allylic oxidation sites excluding steroid dienone is 1. The third-order valence-corrected chi connectivity index (χ3v) is 3.52. The lowest BCUT2D eigenvalue weighted by atomic mass is 10.1. The fourth-order valence-electron chi connectivity index (χ4n) is 1.24. The predicted molar refractivity (Wildman–Crippen MR) is 47.6 cm³/mol. The highest BCUT2D eigenvalue weighted by molar-refractivity contribution is 7.91. The number of primary sulfonamides is 1. The third kappa shape index (κ3) is 1.38. The number of carboxylic acid groups (broad SMARTS) is 1. The van der Waals surface area contributed by atoms with Crippen LogP contribution in [-0.4, -0.2) is 24.4 Å². The molecule has 3 N–H and O–H groups in total. The molecule has 0 spiro atoms. The summed E-state index contributed by atoms with van der Waals surface area (Å²) in [6.45, 7) is 3.11. The summed E-state index contributed by atoms with van der Waals surface area (Å²) in [7, 11) is -4.29. The second-order valence-corrected chi connectivity index (χ2v) is 4.97. The Labute approximate surface area is 81.4 Å². The summed E-state index contributed by atoms with van der Waals surface area (Å²) < 4.78 is 27.1. The van der Waals surface area contributed by atoms with E-state index in [0.717, 1.165) is 0 Å². The first-order chi connectivity index (χ1) is 6.21. The summed E-state index contributed by atoms with van der Waals surface area (Å²) in [5.74, 6) is -1.29. The van der Waals surface area contributed by atoms with Crippen molar-refractivity contribution in [2.45, 2.75) is 25.2 Å². The maximum Gasteiger partial charge on any atom is 0.366 e. The van der Waals surface area contributed by atoms with Crippen molar-refractivity contribution in [2.75, 3.05) is 0 Å². The molecule has 0 amide bonds. The van der Waals surface area contributed by atoms with Crippen molar-refractivity contribution in [1.82, 2.24) is 0 Å². The zero-order chi connectivity index (χ0) is 11.1. The van der Waals surface area contributed by atoms with Crippen LogP contribution in [0.15, 0.2) is 11.3 Å². The van der Waals surface area contributed by atoms with Crippen molar-refractivity contribution in [3.05, 3.63) is 11.3 Å². The third-order valence-electron chi connectivity index (χ3n) is 2.20. The lowest BCUT2D eigenvalue weighted by Crippen LogP contribution is -2.50. The fourth-order valence-corrected chi connectivity index (χ4v) is 2.15. The van der Waals surface area contributed by atoms with Gasteiger partial charge >= 0.3 is 10.9 Å². The van der Waals surface area contributed by atoms with Crippen molar-refractivity contribution >= 4 is 16.0 Å². The number of carboxylic acids is 1. The average molecular weight is 221 g/mol. The highest BCUT2D eigenvalue weighted by atomic mass is 32.2. The van der Waals surface area contributed by atoms with Gasteiger partial charge in [-0.15, -0.1) is 0 Å². The van der Waals surface area contributed by atoms with Gasteiger partial charge in [0.15, 0.2) is 0 Å². The number of hydrogen-bond donors (Lipinski definition) is 2. The van der Waals surface area contributed by atoms with E-state index in [0.29, 0.717) is 11.3 Å². The van der Waals surface area contributed by atoms with Crippen LogP contribution in [0.25, 0.3) is 0 Å². The Morgan fingerprint density at radius 2 is 2.07 bits per heavy atom. The monoisotopic (exact) mass is 221 g/mol. The number of sulfonamides is 1. The first-order valence-electron chi connectivity index (χ1n) is 3.82. The average Bonchev–Trinajstić information content (AvgIpc) is 2.28. The Bertz CT molecular complexity index is 394. The summed E-state index contributed by atoms with van der Waals surface area (Å²) in [5.41, 5.74) is 0.571. The molecule has 7 heteroatoms. The number of carbonyl (C=O) groups is 1. The quantitative estimate of drug-likeness (QED) is 0.669. The summed E-state index contributed by atoms with van der Waals surface area (Å²) in [4.78, 5) is 8.52. The Hall–Kier alpha value is -1.08. The van der Waals surface area contributed by atoms with E-state index in [2.05, 4.69) is 0 Å². The van der Waals surface area contributed by atoms with Gasteiger partial charge in [-0.2, -0.15) is 0 Å². The molecule has 0 fully saturated rings. The van der Waals surface area contributed by atoms with Crippen LogP contribution in [0.5, 0.6) is 0 Å². The Morgan fingerprint density at radius 3 is 2.21 bits per heavy atom. The van der Waals surface area contributed by atoms with Crippen LogP contribution in [0.1, 0.15) is 20.3 Å². The molecule has 1 rings (SSSR count). The smallest absolute Gasteiger partial charge is 0.366 e. The van der Waals surface area contributed by atoms with E-state index in [-0.39, 0.29) is 6.42 Å². The molecule has 0 aromatic heterocycles. The molecule has 0 aromatic carbocycles. The largest absolute Gasteiger partial charge is 0.477 e. The minimum atomic E-state index is -4.29. The highest BCUT2D eigenvalue weighted by Crippen LogP contribution is 2.36. The topological polar surface area (TPSA) is 107 Å². The summed E-state index contributed by atoms with van der Waals surface area (Å²) >= 11 is 0. The van der Waals surface area contributed by atoms with E-state index < -0.39 is 20.9 Å². The number of ether oxygens (including phenoxy) is 1. The lowest BCUT2D eigenvalue weighted by Gasteiger charge is -2.21. The summed E-state index contributed by atoms with van der Waals surface area (Å²) in [6.07, 6.45) is -0.229. The zero-order valence-electron chi connectivity index (χ0n) is 7.77. The van der Waals surface area contributed by atoms with Crippen LogP contribution in [0.4, 0.5) is 0 Å². The standard InChI is InChI=1S/C7H11NO5S/c1-4-3-7(6(9)10,13-5(4)2)14(8,11)12/h3H2,1-2H3,(H,9,10)(H2,8,11,12). The van der Waals surface area contributed by atoms with Crippen LogP contribution < -0.4 is 5.14 Å². The minimum Gasteiger partial charge on any atom is -0.477 e. The second kappa shape index (κ2) is 2.96. The van der Waals surface area contributed by atoms with Crippen LogP contribution >= 0.6 is 0 Å². The van der Waals surface area contributed by atoms with Crippen molar-refractivity contribution in [3.8, 4) is 0 Å². The molecule has 1 heterocycles. The molecule has 0 saturated carbocycles. The molecular formula is C7H11NO5S. The summed E-state index contributed by atoms with van der Waals surface area (Å²) in [6, 6.07) is 0. The number of nitrogens with two attached hydrogens (primary N) is 1. The maximum absolute atomic E-state index is 11.1. The lowest BCUT2D eigenvalue weighted by molar-refractivity contribution is -0.150. The Balaban J connectivity index is 3.23. The van der Waals surface area contributed by atoms with Crippen LogP contribution in [0, 0.1) is 0 Å². The minimum absolute atomic E-state index is 0.229. The second-order valence-electron chi connectivity index (χ2n) is 3.22. The molecule has 1 aliphatic heterocycles. The van der Waals surface area contributed by atoms with Gasteiger partial charge in [0.05, 0.1) is 5.76 Å². The number of rotatable bonds is 2. The Kier molecular flexibility index (Phi) is 2.32. The molecular weight excluding hydrogens is 210 g/mol. The molecule has 0 aromatic rings. The summed E-state index contributed by atoms with van der Waals surface area (Å²) in [5, 5.41) is 13.7. The molecule has 1 unspecified atom stereocenters. The zero-order valence-corrected chi connectivity index (χ0v) is 8.59. The Morgan fingerprint density at radius 1 is 1.57 bits per heavy atom. The van der Waals surface area contributed by atoms with Gasteiger partial charge in [0.25, 0.3) is 10.0 Å². The molecule has 80 valence electrons. The van der Waals surface area contributed by atoms with E-state index in [4.69, 9.17) is 15.0 Å². The molecule has 0 bridgehead atoms. The van der Waals surface area contributed by atoms with Gasteiger partial charge in [0.1, 0.15) is 0 Å². The first kappa shape index (κ1) is 11.0. The van der Waals surface area contributed by atoms with E-state index in [1.54, 1.807) is 6.92 Å². The van der Waals surface area contributed by atoms with E-state index in [9.17, 15) is 13.2 Å². The molecule has 1 atom stereocenters. The number of hydrogen-bond acceptors (Lipinski definition) is 4. The number of aliphatic carboxylic acids is 1. The van der Waals surface area contributed by atoms with E-state index in [1.807, 2.05) is 0 Å². The van der Waals surface area contributed by atoms with E-state index >= 15 is 0 Å². The van der Waals surface area contributed by atoms with Crippen molar-refractivity contribution in [2.24, 2.45) is 5.14 Å². The van der Waals surface area contributed by atoms with Gasteiger partial charge in [-0.25, -0.2) is 18.4 Å². The van der Waals surface area contributed by atoms with Gasteiger partial charge < -0.3 is 9.84 Å². The maximum atomic E-state index is 11.1. The molecule has 6 nitrogen and oxygen atoms in total. The van der Waals surface area contributed by atoms with Gasteiger partial charge in [0, 0.05) is 6.42 Å². The normalized spacial score (nSPS) is 27.6. The van der Waals surface area contributed by atoms with Crippen LogP contribution in [0.3, 0.4) is 0 Å². The predicted octanol–water partition coefficient (Wildman–Crippen LogP) is -0.230. The van der Waals surface area contributed by atoms with Gasteiger partial charge in [-0.1, -0.05) is 0 Å². The fraction of sp³-hybridized carbons (Fsp3) is 0.571. The highest BCUT2D eigenvalue weighted by Gasteiger charge is 2.55. The van der Waals surface area contributed by atoms with Crippen LogP contribution in [-0.2, 0) is 19.6 Å². The molecule has 14 heavy (non-hydrogen) atoms. The van der Waals surface area contributed by atoms with Crippen molar-refractivity contribution < 1.29 is 23.1 Å². The van der Waals surface area contributed by atoms with Crippen LogP contribution in [0.2, 0.25) is 0 Å². The van der Waals surface area contributed by atoms with Gasteiger partial charge in [-0.3, -0.25) is 0 Å². The SMILES string of the molecule is CC1=C(C)OC(C(=O)O)(S(N)(=O)=O)C1. The molecule has 0 radical (unpaired) electrons. The molecule has 1 aliphatic rings. The molecule has 0 saturated heterocycles. The van der Waals surface area contributed by atoms with E-state index in [1.165, 1.54) is 6.92 Å². The van der Waals surface area contributed by atoms with Gasteiger partial charge in [0.2, 0.25) is 0 Å².